The molecule has 2 aromatic rings. The van der Waals surface area contributed by atoms with Gasteiger partial charge >= 0.3 is 5.97 Å². The van der Waals surface area contributed by atoms with Crippen LogP contribution < -0.4 is 9.46 Å². The first-order chi connectivity index (χ1) is 11.3. The molecule has 0 saturated heterocycles. The molecule has 24 heavy (non-hydrogen) atoms. The van der Waals surface area contributed by atoms with Crippen LogP contribution in [0.15, 0.2) is 41.3 Å². The van der Waals surface area contributed by atoms with Gasteiger partial charge in [0.15, 0.2) is 0 Å². The summed E-state index contributed by atoms with van der Waals surface area (Å²) in [7, 11) is -1.30. The number of anilines is 1. The Morgan fingerprint density at radius 3 is 2.29 bits per heavy atom. The maximum atomic E-state index is 12.8. The normalized spacial score (nSPS) is 11.0. The van der Waals surface area contributed by atoms with E-state index in [0.717, 1.165) is 11.1 Å². The second kappa shape index (κ2) is 6.92. The number of benzene rings is 2. The fourth-order valence-electron chi connectivity index (χ4n) is 2.19. The van der Waals surface area contributed by atoms with Crippen molar-refractivity contribution in [1.82, 2.24) is 0 Å². The van der Waals surface area contributed by atoms with E-state index < -0.39 is 16.0 Å². The summed E-state index contributed by atoms with van der Waals surface area (Å²) in [6.07, 6.45) is 0. The molecule has 2 aromatic carbocycles. The molecule has 0 heterocycles. The van der Waals surface area contributed by atoms with Gasteiger partial charge in [-0.3, -0.25) is 4.72 Å². The van der Waals surface area contributed by atoms with Gasteiger partial charge in [0.05, 0.1) is 25.5 Å². The number of ether oxygens (including phenoxy) is 2. The van der Waals surface area contributed by atoms with Crippen LogP contribution in [0.1, 0.15) is 21.5 Å². The van der Waals surface area contributed by atoms with Gasteiger partial charge in [-0.15, -0.1) is 0 Å². The monoisotopic (exact) mass is 349 g/mol. The van der Waals surface area contributed by atoms with Crippen LogP contribution in [0, 0.1) is 13.8 Å². The lowest BCUT2D eigenvalue weighted by molar-refractivity contribution is 0.0602. The van der Waals surface area contributed by atoms with E-state index in [1.54, 1.807) is 18.2 Å². The molecular formula is C17H19NO5S. The molecule has 0 atom stereocenters. The van der Waals surface area contributed by atoms with E-state index in [1.807, 2.05) is 13.8 Å². The molecule has 0 bridgehead atoms. The molecular weight excluding hydrogens is 330 g/mol. The zero-order valence-corrected chi connectivity index (χ0v) is 14.7. The van der Waals surface area contributed by atoms with Crippen LogP contribution >= 0.6 is 0 Å². The summed E-state index contributed by atoms with van der Waals surface area (Å²) in [6.45, 7) is 3.68. The summed E-state index contributed by atoms with van der Waals surface area (Å²) in [6, 6.07) is 9.44. The highest BCUT2D eigenvalue weighted by Crippen LogP contribution is 2.29. The van der Waals surface area contributed by atoms with E-state index in [4.69, 9.17) is 4.74 Å². The zero-order chi connectivity index (χ0) is 17.9. The van der Waals surface area contributed by atoms with Crippen molar-refractivity contribution in [2.24, 2.45) is 0 Å². The van der Waals surface area contributed by atoms with Crippen LogP contribution in [0.25, 0.3) is 0 Å². The summed E-state index contributed by atoms with van der Waals surface area (Å²) in [5.41, 5.74) is 2.01. The van der Waals surface area contributed by atoms with E-state index >= 15 is 0 Å². The molecule has 0 aliphatic heterocycles. The van der Waals surface area contributed by atoms with Crippen molar-refractivity contribution in [3.8, 4) is 5.75 Å². The first-order valence-corrected chi connectivity index (χ1v) is 8.64. The number of methoxy groups -OCH3 is 2. The highest BCUT2D eigenvalue weighted by molar-refractivity contribution is 7.92. The number of nitrogens with one attached hydrogen (secondary N) is 1. The molecule has 0 saturated carbocycles. The first-order valence-electron chi connectivity index (χ1n) is 7.15. The number of carbonyl (C=O) groups excluding carboxylic acids is 1. The molecule has 1 N–H and O–H groups in total. The standard InChI is InChI=1S/C17H19NO5S/c1-11-9-15(22-3)16(10-12(11)2)24(20,21)18-14-8-6-5-7-13(14)17(19)23-4/h5-10,18H,1-4H3. The molecule has 0 fully saturated rings. The largest absolute Gasteiger partial charge is 0.495 e. The average Bonchev–Trinajstić information content (AvgIpc) is 2.56. The minimum Gasteiger partial charge on any atom is -0.495 e. The van der Waals surface area contributed by atoms with Gasteiger partial charge in [-0.2, -0.15) is 0 Å². The summed E-state index contributed by atoms with van der Waals surface area (Å²) in [4.78, 5) is 11.8. The predicted molar refractivity (Wildman–Crippen MR) is 91.1 cm³/mol. The molecule has 0 aromatic heterocycles. The third kappa shape index (κ3) is 3.51. The van der Waals surface area contributed by atoms with Gasteiger partial charge in [0.2, 0.25) is 0 Å². The minimum absolute atomic E-state index is 0.00719. The summed E-state index contributed by atoms with van der Waals surface area (Å²) in [5, 5.41) is 0. The number of hydrogen-bond donors (Lipinski definition) is 1. The van der Waals surface area contributed by atoms with Crippen molar-refractivity contribution in [2.45, 2.75) is 18.7 Å². The number of aryl methyl sites for hydroxylation is 2. The van der Waals surface area contributed by atoms with E-state index in [-0.39, 0.29) is 21.9 Å². The van der Waals surface area contributed by atoms with Crippen LogP contribution in [0.3, 0.4) is 0 Å². The van der Waals surface area contributed by atoms with Crippen molar-refractivity contribution in [1.29, 1.82) is 0 Å². The Morgan fingerprint density at radius 1 is 1.04 bits per heavy atom. The molecule has 0 spiro atoms. The van der Waals surface area contributed by atoms with Crippen molar-refractivity contribution >= 4 is 21.7 Å². The zero-order valence-electron chi connectivity index (χ0n) is 13.9. The predicted octanol–water partition coefficient (Wildman–Crippen LogP) is 2.90. The Bertz CT molecular complexity index is 875. The highest BCUT2D eigenvalue weighted by Gasteiger charge is 2.23. The second-order valence-corrected chi connectivity index (χ2v) is 6.88. The van der Waals surface area contributed by atoms with Crippen LogP contribution in [0.4, 0.5) is 5.69 Å². The second-order valence-electron chi connectivity index (χ2n) is 5.23. The van der Waals surface area contributed by atoms with E-state index in [2.05, 4.69) is 9.46 Å². The number of para-hydroxylation sites is 1. The van der Waals surface area contributed by atoms with Gasteiger partial charge in [-0.25, -0.2) is 13.2 Å². The van der Waals surface area contributed by atoms with Gasteiger partial charge in [0, 0.05) is 0 Å². The fraction of sp³-hybridized carbons (Fsp3) is 0.235. The number of hydrogen-bond acceptors (Lipinski definition) is 5. The number of rotatable bonds is 5. The Morgan fingerprint density at radius 2 is 1.67 bits per heavy atom. The number of esters is 1. The van der Waals surface area contributed by atoms with Crippen LogP contribution in [0.2, 0.25) is 0 Å². The maximum absolute atomic E-state index is 12.8. The smallest absolute Gasteiger partial charge is 0.339 e. The third-order valence-corrected chi connectivity index (χ3v) is 5.03. The van der Waals surface area contributed by atoms with Crippen molar-refractivity contribution in [3.05, 3.63) is 53.1 Å². The quantitative estimate of drug-likeness (QED) is 0.840. The lowest BCUT2D eigenvalue weighted by Crippen LogP contribution is -2.17. The van der Waals surface area contributed by atoms with E-state index in [0.29, 0.717) is 0 Å². The highest BCUT2D eigenvalue weighted by atomic mass is 32.2. The van der Waals surface area contributed by atoms with Crippen molar-refractivity contribution in [3.63, 3.8) is 0 Å². The van der Waals surface area contributed by atoms with Crippen LogP contribution in [0.5, 0.6) is 5.75 Å². The third-order valence-electron chi connectivity index (χ3n) is 3.65. The molecule has 0 radical (unpaired) electrons. The number of sulfonamides is 1. The van der Waals surface area contributed by atoms with Gasteiger partial charge in [0.25, 0.3) is 10.0 Å². The Hall–Kier alpha value is -2.54. The summed E-state index contributed by atoms with van der Waals surface area (Å²) >= 11 is 0. The molecule has 0 aliphatic rings. The van der Waals surface area contributed by atoms with Gasteiger partial charge in [-0.05, 0) is 49.2 Å². The fourth-order valence-corrected chi connectivity index (χ4v) is 3.51. The van der Waals surface area contributed by atoms with Crippen molar-refractivity contribution in [2.75, 3.05) is 18.9 Å². The SMILES string of the molecule is COC(=O)c1ccccc1NS(=O)(=O)c1cc(C)c(C)cc1OC. The molecule has 0 amide bonds. The van der Waals surface area contributed by atoms with Crippen LogP contribution in [-0.2, 0) is 14.8 Å². The lowest BCUT2D eigenvalue weighted by Gasteiger charge is -2.15. The summed E-state index contributed by atoms with van der Waals surface area (Å²) < 4.78 is 37.8. The van der Waals surface area contributed by atoms with Gasteiger partial charge in [0.1, 0.15) is 10.6 Å². The molecule has 0 unspecified atom stereocenters. The molecule has 128 valence electrons. The van der Waals surface area contributed by atoms with Crippen molar-refractivity contribution < 1.29 is 22.7 Å². The van der Waals surface area contributed by atoms with Crippen LogP contribution in [-0.4, -0.2) is 28.6 Å². The molecule has 0 aliphatic carbocycles. The topological polar surface area (TPSA) is 81.7 Å². The van der Waals surface area contributed by atoms with Gasteiger partial charge in [-0.1, -0.05) is 12.1 Å². The maximum Gasteiger partial charge on any atom is 0.339 e. The minimum atomic E-state index is -3.94. The molecule has 6 nitrogen and oxygen atoms in total. The first kappa shape index (κ1) is 17.8. The summed E-state index contributed by atoms with van der Waals surface area (Å²) in [5.74, 6) is -0.387. The molecule has 2 rings (SSSR count). The Kier molecular flexibility index (Phi) is 5.14. The average molecular weight is 349 g/mol. The lowest BCUT2D eigenvalue weighted by atomic mass is 10.1. The number of carbonyl (C=O) groups is 1. The Labute approximate surface area is 141 Å². The Balaban J connectivity index is 2.51. The van der Waals surface area contributed by atoms with E-state index in [9.17, 15) is 13.2 Å². The molecule has 7 heteroatoms. The van der Waals surface area contributed by atoms with Gasteiger partial charge < -0.3 is 9.47 Å². The van der Waals surface area contributed by atoms with E-state index in [1.165, 1.54) is 32.4 Å².